The number of halogens is 2. The maximum atomic E-state index is 10.3. The molecule has 2 nitrogen and oxygen atoms in total. The van der Waals surface area contributed by atoms with E-state index >= 15 is 0 Å². The Morgan fingerprint density at radius 2 is 1.85 bits per heavy atom. The zero-order valence-corrected chi connectivity index (χ0v) is 10.5. The summed E-state index contributed by atoms with van der Waals surface area (Å²) in [4.78, 5) is 10.3. The molecular formula is C9H9Br2NO. The molecule has 0 spiro atoms. The van der Waals surface area contributed by atoms with E-state index in [-0.39, 0.29) is 0 Å². The molecule has 0 aliphatic heterocycles. The molecule has 0 aliphatic carbocycles. The molecule has 1 rings (SSSR count). The number of anilines is 1. The van der Waals surface area contributed by atoms with Crippen LogP contribution in [0.5, 0.6) is 0 Å². The maximum absolute atomic E-state index is 10.3. The molecule has 4 heteroatoms. The highest BCUT2D eigenvalue weighted by Crippen LogP contribution is 2.33. The molecule has 0 saturated heterocycles. The van der Waals surface area contributed by atoms with Crippen molar-refractivity contribution in [2.24, 2.45) is 0 Å². The van der Waals surface area contributed by atoms with Crippen LogP contribution in [0.15, 0.2) is 15.0 Å². The summed E-state index contributed by atoms with van der Waals surface area (Å²) in [5.74, 6) is 0. The van der Waals surface area contributed by atoms with Gasteiger partial charge in [0.15, 0.2) is 0 Å². The molecule has 1 aromatic carbocycles. The standard InChI is InChI=1S/C9H9Br2NO/c1-5-6(2)9(12-4-13)8(11)3-7(5)10/h3-4H,1-2H3,(H,12,13). The van der Waals surface area contributed by atoms with Crippen molar-refractivity contribution >= 4 is 44.0 Å². The fourth-order valence-electron chi connectivity index (χ4n) is 1.07. The Hall–Kier alpha value is -0.350. The van der Waals surface area contributed by atoms with Crippen LogP contribution in [0, 0.1) is 13.8 Å². The van der Waals surface area contributed by atoms with Gasteiger partial charge in [-0.1, -0.05) is 15.9 Å². The third-order valence-corrected chi connectivity index (χ3v) is 3.44. The minimum Gasteiger partial charge on any atom is -0.327 e. The van der Waals surface area contributed by atoms with E-state index in [0.29, 0.717) is 6.41 Å². The number of benzene rings is 1. The molecule has 0 bridgehead atoms. The van der Waals surface area contributed by atoms with Gasteiger partial charge in [0.05, 0.1) is 5.69 Å². The van der Waals surface area contributed by atoms with Gasteiger partial charge < -0.3 is 5.32 Å². The molecule has 1 amide bonds. The highest BCUT2D eigenvalue weighted by molar-refractivity contribution is 9.11. The minimum absolute atomic E-state index is 0.681. The summed E-state index contributed by atoms with van der Waals surface area (Å²) >= 11 is 6.82. The molecule has 0 radical (unpaired) electrons. The first-order valence-electron chi connectivity index (χ1n) is 3.73. The number of hydrogen-bond donors (Lipinski definition) is 1. The van der Waals surface area contributed by atoms with Crippen molar-refractivity contribution in [2.75, 3.05) is 5.32 Å². The second kappa shape index (κ2) is 4.24. The van der Waals surface area contributed by atoms with E-state index in [1.54, 1.807) is 0 Å². The van der Waals surface area contributed by atoms with Crippen molar-refractivity contribution < 1.29 is 4.79 Å². The molecular weight excluding hydrogens is 298 g/mol. The van der Waals surface area contributed by atoms with Crippen LogP contribution in [0.2, 0.25) is 0 Å². The first-order chi connectivity index (χ1) is 6.07. The SMILES string of the molecule is Cc1c(Br)cc(Br)c(NC=O)c1C. The van der Waals surface area contributed by atoms with Gasteiger partial charge >= 0.3 is 0 Å². The smallest absolute Gasteiger partial charge is 0.211 e. The van der Waals surface area contributed by atoms with Gasteiger partial charge in [-0.05, 0) is 47.0 Å². The third kappa shape index (κ3) is 2.11. The molecule has 1 aromatic rings. The summed E-state index contributed by atoms with van der Waals surface area (Å²) in [5.41, 5.74) is 3.02. The molecule has 0 aromatic heterocycles. The van der Waals surface area contributed by atoms with Crippen LogP contribution in [-0.4, -0.2) is 6.41 Å². The van der Waals surface area contributed by atoms with Crippen molar-refractivity contribution in [2.45, 2.75) is 13.8 Å². The predicted molar refractivity (Wildman–Crippen MR) is 61.0 cm³/mol. The van der Waals surface area contributed by atoms with E-state index in [9.17, 15) is 4.79 Å². The van der Waals surface area contributed by atoms with E-state index < -0.39 is 0 Å². The third-order valence-electron chi connectivity index (χ3n) is 1.99. The number of hydrogen-bond acceptors (Lipinski definition) is 1. The van der Waals surface area contributed by atoms with Crippen LogP contribution in [-0.2, 0) is 4.79 Å². The Bertz CT molecular complexity index is 350. The van der Waals surface area contributed by atoms with Gasteiger partial charge in [-0.3, -0.25) is 4.79 Å². The highest BCUT2D eigenvalue weighted by atomic mass is 79.9. The number of nitrogens with one attached hydrogen (secondary N) is 1. The second-order valence-electron chi connectivity index (χ2n) is 2.73. The van der Waals surface area contributed by atoms with Gasteiger partial charge in [-0.15, -0.1) is 0 Å². The molecule has 0 saturated carbocycles. The van der Waals surface area contributed by atoms with Crippen molar-refractivity contribution in [3.63, 3.8) is 0 Å². The van der Waals surface area contributed by atoms with Crippen molar-refractivity contribution in [1.82, 2.24) is 0 Å². The topological polar surface area (TPSA) is 29.1 Å². The maximum Gasteiger partial charge on any atom is 0.211 e. The second-order valence-corrected chi connectivity index (χ2v) is 4.44. The van der Waals surface area contributed by atoms with Crippen molar-refractivity contribution in [1.29, 1.82) is 0 Å². The average molecular weight is 307 g/mol. The predicted octanol–water partition coefficient (Wildman–Crippen LogP) is 3.40. The van der Waals surface area contributed by atoms with E-state index in [1.165, 1.54) is 0 Å². The lowest BCUT2D eigenvalue weighted by atomic mass is 10.1. The Labute approximate surface area is 94.0 Å². The van der Waals surface area contributed by atoms with E-state index in [1.807, 2.05) is 19.9 Å². The van der Waals surface area contributed by atoms with Crippen LogP contribution in [0.4, 0.5) is 5.69 Å². The molecule has 0 atom stereocenters. The van der Waals surface area contributed by atoms with Crippen LogP contribution in [0.1, 0.15) is 11.1 Å². The van der Waals surface area contributed by atoms with E-state index in [4.69, 9.17) is 0 Å². The fraction of sp³-hybridized carbons (Fsp3) is 0.222. The number of carbonyl (C=O) groups is 1. The lowest BCUT2D eigenvalue weighted by molar-refractivity contribution is -0.105. The summed E-state index contributed by atoms with van der Waals surface area (Å²) in [6.07, 6.45) is 0.681. The molecule has 0 heterocycles. The number of rotatable bonds is 2. The Morgan fingerprint density at radius 1 is 1.23 bits per heavy atom. The lowest BCUT2D eigenvalue weighted by Gasteiger charge is -2.11. The summed E-state index contributed by atoms with van der Waals surface area (Å²) in [6.45, 7) is 3.97. The first kappa shape index (κ1) is 10.7. The van der Waals surface area contributed by atoms with E-state index in [0.717, 1.165) is 25.8 Å². The average Bonchev–Trinajstić information content (AvgIpc) is 2.09. The van der Waals surface area contributed by atoms with Gasteiger partial charge in [0, 0.05) is 8.95 Å². The van der Waals surface area contributed by atoms with Gasteiger partial charge in [0.2, 0.25) is 6.41 Å². The van der Waals surface area contributed by atoms with Gasteiger partial charge in [0.1, 0.15) is 0 Å². The van der Waals surface area contributed by atoms with Crippen molar-refractivity contribution in [3.8, 4) is 0 Å². The van der Waals surface area contributed by atoms with Gasteiger partial charge in [-0.2, -0.15) is 0 Å². The summed E-state index contributed by atoms with van der Waals surface area (Å²) in [6, 6.07) is 1.92. The van der Waals surface area contributed by atoms with E-state index in [2.05, 4.69) is 37.2 Å². The molecule has 0 unspecified atom stereocenters. The Morgan fingerprint density at radius 3 is 2.38 bits per heavy atom. The zero-order valence-electron chi connectivity index (χ0n) is 7.32. The molecule has 1 N–H and O–H groups in total. The van der Waals surface area contributed by atoms with Gasteiger partial charge in [-0.25, -0.2) is 0 Å². The first-order valence-corrected chi connectivity index (χ1v) is 5.32. The van der Waals surface area contributed by atoms with Crippen LogP contribution in [0.25, 0.3) is 0 Å². The van der Waals surface area contributed by atoms with Crippen LogP contribution in [0.3, 0.4) is 0 Å². The normalized spacial score (nSPS) is 9.85. The molecule has 0 aliphatic rings. The Balaban J connectivity index is 3.34. The van der Waals surface area contributed by atoms with Gasteiger partial charge in [0.25, 0.3) is 0 Å². The summed E-state index contributed by atoms with van der Waals surface area (Å²) in [7, 11) is 0. The lowest BCUT2D eigenvalue weighted by Crippen LogP contribution is -1.99. The van der Waals surface area contributed by atoms with Crippen LogP contribution >= 0.6 is 31.9 Å². The van der Waals surface area contributed by atoms with Crippen LogP contribution < -0.4 is 5.32 Å². The van der Waals surface area contributed by atoms with Crippen molar-refractivity contribution in [3.05, 3.63) is 26.1 Å². The fourth-order valence-corrected chi connectivity index (χ4v) is 2.55. The highest BCUT2D eigenvalue weighted by Gasteiger charge is 2.08. The monoisotopic (exact) mass is 305 g/mol. The minimum atomic E-state index is 0.681. The molecule has 0 fully saturated rings. The largest absolute Gasteiger partial charge is 0.327 e. The molecule has 13 heavy (non-hydrogen) atoms. The quantitative estimate of drug-likeness (QED) is 0.834. The number of carbonyl (C=O) groups excluding carboxylic acids is 1. The molecule has 70 valence electrons. The summed E-state index contributed by atoms with van der Waals surface area (Å²) < 4.78 is 1.92. The summed E-state index contributed by atoms with van der Waals surface area (Å²) in [5, 5.41) is 2.66. The number of amides is 1. The Kier molecular flexibility index (Phi) is 3.50. The zero-order chi connectivity index (χ0) is 10.0.